The first-order chi connectivity index (χ1) is 18.7. The SMILES string of the molecule is Cc1c(Cl)nc(-c2cc(OC[C@@H](CCOC(N)=O)O[Si](C)(C)C(C)(C)C)ccc2Cl)nc1-c1[nH]ncc1CCCl. The Bertz CT molecular complexity index is 1330. The van der Waals surface area contributed by atoms with Crippen molar-refractivity contribution in [2.45, 2.75) is 64.8 Å². The van der Waals surface area contributed by atoms with Crippen LogP contribution in [-0.4, -0.2) is 59.8 Å². The van der Waals surface area contributed by atoms with Gasteiger partial charge in [0.1, 0.15) is 17.5 Å². The molecular formula is C27H36Cl3N5O4Si. The molecule has 2 heterocycles. The van der Waals surface area contributed by atoms with Gasteiger partial charge in [-0.1, -0.05) is 44.0 Å². The fourth-order valence-corrected chi connectivity index (χ4v) is 5.62. The maximum absolute atomic E-state index is 11.1. The number of nitrogens with zero attached hydrogens (tertiary/aromatic N) is 3. The fraction of sp³-hybridized carbons (Fsp3) is 0.481. The second-order valence-electron chi connectivity index (χ2n) is 10.9. The number of hydrogen-bond donors (Lipinski definition) is 2. The van der Waals surface area contributed by atoms with Gasteiger partial charge in [0.15, 0.2) is 14.1 Å². The summed E-state index contributed by atoms with van der Waals surface area (Å²) >= 11 is 19.1. The normalized spacial score (nSPS) is 12.8. The largest absolute Gasteiger partial charge is 0.491 e. The van der Waals surface area contributed by atoms with E-state index in [-0.39, 0.29) is 24.4 Å². The monoisotopic (exact) mass is 627 g/mol. The molecule has 0 fully saturated rings. The van der Waals surface area contributed by atoms with Crippen LogP contribution < -0.4 is 10.5 Å². The van der Waals surface area contributed by atoms with E-state index in [1.54, 1.807) is 24.4 Å². The van der Waals surface area contributed by atoms with Crippen molar-refractivity contribution in [3.05, 3.63) is 45.7 Å². The Balaban J connectivity index is 1.89. The van der Waals surface area contributed by atoms with Gasteiger partial charge in [0.2, 0.25) is 0 Å². The summed E-state index contributed by atoms with van der Waals surface area (Å²) in [7, 11) is -2.13. The van der Waals surface area contributed by atoms with Crippen molar-refractivity contribution in [2.75, 3.05) is 19.1 Å². The van der Waals surface area contributed by atoms with Crippen LogP contribution in [0.15, 0.2) is 24.4 Å². The van der Waals surface area contributed by atoms with Crippen LogP contribution in [0.2, 0.25) is 28.3 Å². The first-order valence-corrected chi connectivity index (χ1v) is 17.1. The maximum atomic E-state index is 11.1. The number of primary amides is 1. The number of nitrogens with two attached hydrogens (primary N) is 1. The quantitative estimate of drug-likeness (QED) is 0.124. The van der Waals surface area contributed by atoms with Gasteiger partial charge in [0.25, 0.3) is 0 Å². The van der Waals surface area contributed by atoms with Crippen LogP contribution in [0.4, 0.5) is 4.79 Å². The number of benzene rings is 1. The fourth-order valence-electron chi connectivity index (χ4n) is 3.68. The van der Waals surface area contributed by atoms with Gasteiger partial charge < -0.3 is 19.6 Å². The zero-order chi connectivity index (χ0) is 29.7. The summed E-state index contributed by atoms with van der Waals surface area (Å²) in [5.41, 5.74) is 8.68. The standard InChI is InChI=1S/C27H36Cl3N5O4Si/c1-16-22(23-17(9-11-28)14-32-35-23)33-25(34-24(16)30)20-13-18(7-8-21(20)29)38-15-19(10-12-37-26(31)36)39-40(5,6)27(2,3)4/h7-8,13-14,19H,9-12,15H2,1-6H3,(H2,31,36)(H,32,35)/t19-/m1/s1. The molecule has 0 aliphatic carbocycles. The van der Waals surface area contributed by atoms with E-state index in [0.717, 1.165) is 11.3 Å². The minimum atomic E-state index is -2.13. The molecule has 218 valence electrons. The lowest BCUT2D eigenvalue weighted by Crippen LogP contribution is -2.45. The number of amides is 1. The number of carbonyl (C=O) groups excluding carboxylic acids is 1. The molecule has 13 heteroatoms. The van der Waals surface area contributed by atoms with Gasteiger partial charge in [-0.2, -0.15) is 5.10 Å². The molecule has 3 rings (SSSR count). The maximum Gasteiger partial charge on any atom is 0.404 e. The summed E-state index contributed by atoms with van der Waals surface area (Å²) in [4.78, 5) is 20.4. The smallest absolute Gasteiger partial charge is 0.404 e. The van der Waals surface area contributed by atoms with Crippen molar-refractivity contribution in [1.29, 1.82) is 0 Å². The van der Waals surface area contributed by atoms with Gasteiger partial charge in [0, 0.05) is 29.0 Å². The molecule has 0 saturated heterocycles. The third-order valence-electron chi connectivity index (χ3n) is 6.97. The van der Waals surface area contributed by atoms with E-state index in [9.17, 15) is 4.79 Å². The van der Waals surface area contributed by atoms with Crippen molar-refractivity contribution < 1.29 is 18.7 Å². The van der Waals surface area contributed by atoms with E-state index in [1.807, 2.05) is 6.92 Å². The van der Waals surface area contributed by atoms with Crippen molar-refractivity contribution in [1.82, 2.24) is 20.2 Å². The first-order valence-electron chi connectivity index (χ1n) is 12.9. The highest BCUT2D eigenvalue weighted by molar-refractivity contribution is 6.74. The lowest BCUT2D eigenvalue weighted by molar-refractivity contribution is 0.0810. The number of nitrogens with one attached hydrogen (secondary N) is 1. The molecule has 0 aliphatic rings. The summed E-state index contributed by atoms with van der Waals surface area (Å²) in [5.74, 6) is 1.33. The highest BCUT2D eigenvalue weighted by Crippen LogP contribution is 2.38. The number of halogens is 3. The Hall–Kier alpha value is -2.37. The highest BCUT2D eigenvalue weighted by atomic mass is 35.5. The number of hydrogen-bond acceptors (Lipinski definition) is 7. The molecule has 3 aromatic rings. The Morgan fingerprint density at radius 2 is 1.93 bits per heavy atom. The molecule has 1 atom stereocenters. The Kier molecular flexibility index (Phi) is 10.9. The van der Waals surface area contributed by atoms with Crippen molar-refractivity contribution in [3.63, 3.8) is 0 Å². The summed E-state index contributed by atoms with van der Waals surface area (Å²) in [6.45, 7) is 13.0. The topological polar surface area (TPSA) is 125 Å². The number of H-pyrrole nitrogens is 1. The van der Waals surface area contributed by atoms with Crippen LogP contribution in [-0.2, 0) is 15.6 Å². The molecule has 2 aromatic heterocycles. The predicted molar refractivity (Wildman–Crippen MR) is 162 cm³/mol. The molecule has 0 radical (unpaired) electrons. The molecule has 1 amide bonds. The van der Waals surface area contributed by atoms with Crippen molar-refractivity contribution in [2.24, 2.45) is 5.73 Å². The minimum Gasteiger partial charge on any atom is -0.491 e. The molecule has 40 heavy (non-hydrogen) atoms. The molecule has 1 aromatic carbocycles. The minimum absolute atomic E-state index is 0.0126. The third-order valence-corrected chi connectivity index (χ3v) is 12.4. The molecule has 0 aliphatic heterocycles. The van der Waals surface area contributed by atoms with Crippen LogP contribution in [0.5, 0.6) is 5.75 Å². The van der Waals surface area contributed by atoms with Crippen LogP contribution in [0, 0.1) is 6.92 Å². The van der Waals surface area contributed by atoms with Gasteiger partial charge in [0.05, 0.1) is 35.3 Å². The first kappa shape index (κ1) is 32.1. The molecule has 0 spiro atoms. The van der Waals surface area contributed by atoms with Gasteiger partial charge in [-0.3, -0.25) is 5.10 Å². The number of ether oxygens (including phenoxy) is 2. The summed E-state index contributed by atoms with van der Waals surface area (Å²) in [6, 6.07) is 5.25. The van der Waals surface area contributed by atoms with Crippen LogP contribution in [0.1, 0.15) is 38.3 Å². The summed E-state index contributed by atoms with van der Waals surface area (Å²) < 4.78 is 17.7. The van der Waals surface area contributed by atoms with Gasteiger partial charge in [-0.25, -0.2) is 14.8 Å². The number of carbonyl (C=O) groups is 1. The second kappa shape index (κ2) is 13.5. The molecule has 3 N–H and O–H groups in total. The molecule has 0 saturated carbocycles. The third kappa shape index (κ3) is 8.10. The average Bonchev–Trinajstić information content (AvgIpc) is 3.32. The van der Waals surface area contributed by atoms with E-state index in [1.165, 1.54) is 0 Å². The number of rotatable bonds is 12. The van der Waals surface area contributed by atoms with Gasteiger partial charge in [-0.15, -0.1) is 11.6 Å². The van der Waals surface area contributed by atoms with Crippen molar-refractivity contribution >= 4 is 49.2 Å². The van der Waals surface area contributed by atoms with E-state index in [4.69, 9.17) is 59.4 Å². The van der Waals surface area contributed by atoms with Crippen LogP contribution in [0.3, 0.4) is 0 Å². The van der Waals surface area contributed by atoms with Crippen molar-refractivity contribution in [3.8, 4) is 28.5 Å². The highest BCUT2D eigenvalue weighted by Gasteiger charge is 2.39. The number of alkyl halides is 1. The second-order valence-corrected chi connectivity index (χ2v) is 16.8. The lowest BCUT2D eigenvalue weighted by atomic mass is 10.1. The molecule has 9 nitrogen and oxygen atoms in total. The Morgan fingerprint density at radius 3 is 2.58 bits per heavy atom. The zero-order valence-electron chi connectivity index (χ0n) is 23.6. The Labute approximate surface area is 251 Å². The number of aromatic nitrogens is 4. The van der Waals surface area contributed by atoms with E-state index < -0.39 is 14.4 Å². The summed E-state index contributed by atoms with van der Waals surface area (Å²) in [6.07, 6.45) is 1.64. The van der Waals surface area contributed by atoms with E-state index in [0.29, 0.717) is 57.3 Å². The molecular weight excluding hydrogens is 593 g/mol. The lowest BCUT2D eigenvalue weighted by Gasteiger charge is -2.39. The molecule has 0 unspecified atom stereocenters. The molecule has 0 bridgehead atoms. The van der Waals surface area contributed by atoms with Gasteiger partial charge in [-0.05, 0) is 49.7 Å². The predicted octanol–water partition coefficient (Wildman–Crippen LogP) is 7.18. The van der Waals surface area contributed by atoms with Crippen LogP contribution in [0.25, 0.3) is 22.8 Å². The van der Waals surface area contributed by atoms with E-state index in [2.05, 4.69) is 49.0 Å². The number of aromatic amines is 1. The average molecular weight is 629 g/mol. The van der Waals surface area contributed by atoms with Crippen LogP contribution >= 0.6 is 34.8 Å². The van der Waals surface area contributed by atoms with E-state index >= 15 is 0 Å². The summed E-state index contributed by atoms with van der Waals surface area (Å²) in [5, 5.41) is 7.88. The zero-order valence-corrected chi connectivity index (χ0v) is 26.9. The Morgan fingerprint density at radius 1 is 1.20 bits per heavy atom. The van der Waals surface area contributed by atoms with Gasteiger partial charge >= 0.3 is 6.09 Å². The number of aryl methyl sites for hydroxylation is 1.